The van der Waals surface area contributed by atoms with Crippen molar-refractivity contribution < 1.29 is 4.39 Å². The highest BCUT2D eigenvalue weighted by molar-refractivity contribution is 7.99. The van der Waals surface area contributed by atoms with Crippen LogP contribution in [0.15, 0.2) is 58.7 Å². The molecule has 0 bridgehead atoms. The molecule has 0 saturated heterocycles. The summed E-state index contributed by atoms with van der Waals surface area (Å²) in [4.78, 5) is 9.06. The van der Waals surface area contributed by atoms with Gasteiger partial charge in [0.1, 0.15) is 17.2 Å². The van der Waals surface area contributed by atoms with Gasteiger partial charge in [-0.1, -0.05) is 36.0 Å². The Morgan fingerprint density at radius 2 is 2.00 bits per heavy atom. The molecule has 3 rings (SSSR count). The lowest BCUT2D eigenvalue weighted by atomic mass is 10.2. The predicted molar refractivity (Wildman–Crippen MR) is 82.8 cm³/mol. The third-order valence-corrected chi connectivity index (χ3v) is 4.16. The molecular weight excluding hydrogens is 285 g/mol. The third kappa shape index (κ3) is 3.04. The van der Waals surface area contributed by atoms with Crippen molar-refractivity contribution in [1.29, 1.82) is 0 Å². The fraction of sp³-hybridized carbons (Fsp3) is 0.125. The summed E-state index contributed by atoms with van der Waals surface area (Å²) in [7, 11) is 1.84. The van der Waals surface area contributed by atoms with Crippen molar-refractivity contribution in [2.45, 2.75) is 16.5 Å². The van der Waals surface area contributed by atoms with Crippen LogP contribution in [0.3, 0.4) is 0 Å². The zero-order valence-corrected chi connectivity index (χ0v) is 12.3. The van der Waals surface area contributed by atoms with Crippen LogP contribution < -0.4 is 5.32 Å². The summed E-state index contributed by atoms with van der Waals surface area (Å²) >= 11 is 1.32. The Balaban J connectivity index is 1.95. The number of hydrogen-bond donors (Lipinski definition) is 1. The SMILES string of the molecule is CNCc1ccc(Sc2ncnc3ccccc23)c(F)c1. The minimum atomic E-state index is -0.226. The average Bonchev–Trinajstić information content (AvgIpc) is 2.51. The van der Waals surface area contributed by atoms with Gasteiger partial charge in [-0.25, -0.2) is 14.4 Å². The number of halogens is 1. The highest BCUT2D eigenvalue weighted by Crippen LogP contribution is 2.32. The Labute approximate surface area is 126 Å². The van der Waals surface area contributed by atoms with Crippen molar-refractivity contribution in [3.05, 3.63) is 60.2 Å². The molecule has 0 saturated carbocycles. The molecule has 0 fully saturated rings. The van der Waals surface area contributed by atoms with Gasteiger partial charge in [0, 0.05) is 16.8 Å². The molecule has 0 aliphatic heterocycles. The predicted octanol–water partition coefficient (Wildman–Crippen LogP) is 3.64. The van der Waals surface area contributed by atoms with Gasteiger partial charge in [-0.2, -0.15) is 0 Å². The van der Waals surface area contributed by atoms with Crippen molar-refractivity contribution in [2.24, 2.45) is 0 Å². The molecule has 3 aromatic rings. The smallest absolute Gasteiger partial charge is 0.137 e. The summed E-state index contributed by atoms with van der Waals surface area (Å²) in [6.07, 6.45) is 1.51. The summed E-state index contributed by atoms with van der Waals surface area (Å²) in [5.41, 5.74) is 1.79. The first-order chi connectivity index (χ1) is 10.3. The van der Waals surface area contributed by atoms with Crippen LogP contribution in [0, 0.1) is 5.82 Å². The third-order valence-electron chi connectivity index (χ3n) is 3.09. The number of fused-ring (bicyclic) bond motifs is 1. The van der Waals surface area contributed by atoms with Gasteiger partial charge in [-0.05, 0) is 30.8 Å². The molecule has 0 aliphatic carbocycles. The standard InChI is InChI=1S/C16H14FN3S/c1-18-9-11-6-7-15(13(17)8-11)21-16-12-4-2-3-5-14(12)19-10-20-16/h2-8,10,18H,9H2,1H3. The van der Waals surface area contributed by atoms with Gasteiger partial charge in [0.15, 0.2) is 0 Å². The van der Waals surface area contributed by atoms with Gasteiger partial charge in [-0.3, -0.25) is 0 Å². The number of rotatable bonds is 4. The van der Waals surface area contributed by atoms with Gasteiger partial charge in [0.05, 0.1) is 5.52 Å². The van der Waals surface area contributed by atoms with Gasteiger partial charge in [0.25, 0.3) is 0 Å². The molecule has 5 heteroatoms. The highest BCUT2D eigenvalue weighted by Gasteiger charge is 2.09. The molecule has 0 aliphatic rings. The first-order valence-electron chi connectivity index (χ1n) is 6.58. The first kappa shape index (κ1) is 14.0. The summed E-state index contributed by atoms with van der Waals surface area (Å²) in [6.45, 7) is 0.651. The van der Waals surface area contributed by atoms with Gasteiger partial charge >= 0.3 is 0 Å². The van der Waals surface area contributed by atoms with Crippen LogP contribution in [0.2, 0.25) is 0 Å². The Kier molecular flexibility index (Phi) is 4.13. The quantitative estimate of drug-likeness (QED) is 0.746. The van der Waals surface area contributed by atoms with Crippen LogP contribution >= 0.6 is 11.8 Å². The largest absolute Gasteiger partial charge is 0.316 e. The Morgan fingerprint density at radius 1 is 1.14 bits per heavy atom. The van der Waals surface area contributed by atoms with E-state index in [0.717, 1.165) is 21.5 Å². The molecule has 0 atom stereocenters. The molecule has 0 unspecified atom stereocenters. The van der Waals surface area contributed by atoms with E-state index in [1.54, 1.807) is 12.1 Å². The fourth-order valence-electron chi connectivity index (χ4n) is 2.11. The Bertz CT molecular complexity index is 771. The van der Waals surface area contributed by atoms with Gasteiger partial charge in [0.2, 0.25) is 0 Å². The van der Waals surface area contributed by atoms with Crippen LogP contribution in [0.1, 0.15) is 5.56 Å². The maximum Gasteiger partial charge on any atom is 0.137 e. The molecule has 1 N–H and O–H groups in total. The summed E-state index contributed by atoms with van der Waals surface area (Å²) in [5, 5.41) is 4.71. The van der Waals surface area contributed by atoms with Crippen molar-refractivity contribution in [3.8, 4) is 0 Å². The second kappa shape index (κ2) is 6.20. The minimum absolute atomic E-state index is 0.226. The maximum atomic E-state index is 14.2. The molecule has 1 heterocycles. The van der Waals surface area contributed by atoms with Crippen molar-refractivity contribution in [2.75, 3.05) is 7.05 Å². The van der Waals surface area contributed by atoms with Crippen molar-refractivity contribution in [3.63, 3.8) is 0 Å². The van der Waals surface area contributed by atoms with E-state index in [1.807, 2.05) is 37.4 Å². The van der Waals surface area contributed by atoms with Crippen LogP contribution in [0.4, 0.5) is 4.39 Å². The van der Waals surface area contributed by atoms with E-state index in [4.69, 9.17) is 0 Å². The fourth-order valence-corrected chi connectivity index (χ4v) is 2.99. The van der Waals surface area contributed by atoms with Crippen molar-refractivity contribution in [1.82, 2.24) is 15.3 Å². The number of nitrogens with one attached hydrogen (secondary N) is 1. The molecular formula is C16H14FN3S. The van der Waals surface area contributed by atoms with Crippen LogP contribution in [-0.4, -0.2) is 17.0 Å². The molecule has 3 nitrogen and oxygen atoms in total. The second-order valence-electron chi connectivity index (χ2n) is 4.59. The van der Waals surface area contributed by atoms with Crippen LogP contribution in [0.25, 0.3) is 10.9 Å². The van der Waals surface area contributed by atoms with E-state index in [1.165, 1.54) is 18.1 Å². The average molecular weight is 299 g/mol. The first-order valence-corrected chi connectivity index (χ1v) is 7.40. The molecule has 0 amide bonds. The Hall–Kier alpha value is -1.98. The van der Waals surface area contributed by atoms with Crippen molar-refractivity contribution >= 4 is 22.7 Å². The summed E-state index contributed by atoms with van der Waals surface area (Å²) < 4.78 is 14.2. The minimum Gasteiger partial charge on any atom is -0.316 e. The summed E-state index contributed by atoms with van der Waals surface area (Å²) in [5.74, 6) is -0.226. The van der Waals surface area contributed by atoms with Crippen LogP contribution in [0.5, 0.6) is 0 Å². The van der Waals surface area contributed by atoms with E-state index in [-0.39, 0.29) is 5.82 Å². The number of nitrogens with zero attached hydrogens (tertiary/aromatic N) is 2. The zero-order chi connectivity index (χ0) is 14.7. The maximum absolute atomic E-state index is 14.2. The van der Waals surface area contributed by atoms with E-state index in [0.29, 0.717) is 11.4 Å². The zero-order valence-electron chi connectivity index (χ0n) is 11.5. The topological polar surface area (TPSA) is 37.8 Å². The van der Waals surface area contributed by atoms with Gasteiger partial charge in [-0.15, -0.1) is 0 Å². The lowest BCUT2D eigenvalue weighted by molar-refractivity contribution is 0.598. The lowest BCUT2D eigenvalue weighted by Gasteiger charge is -2.07. The van der Waals surface area contributed by atoms with E-state index in [9.17, 15) is 4.39 Å². The number of aromatic nitrogens is 2. The van der Waals surface area contributed by atoms with E-state index in [2.05, 4.69) is 15.3 Å². The normalized spacial score (nSPS) is 11.0. The van der Waals surface area contributed by atoms with Crippen LogP contribution in [-0.2, 0) is 6.54 Å². The number of hydrogen-bond acceptors (Lipinski definition) is 4. The lowest BCUT2D eigenvalue weighted by Crippen LogP contribution is -2.05. The summed E-state index contributed by atoms with van der Waals surface area (Å²) in [6, 6.07) is 13.0. The Morgan fingerprint density at radius 3 is 2.81 bits per heavy atom. The molecule has 2 aromatic carbocycles. The van der Waals surface area contributed by atoms with E-state index >= 15 is 0 Å². The highest BCUT2D eigenvalue weighted by atomic mass is 32.2. The molecule has 1 aromatic heterocycles. The molecule has 0 radical (unpaired) electrons. The molecule has 0 spiro atoms. The number of benzene rings is 2. The number of para-hydroxylation sites is 1. The van der Waals surface area contributed by atoms with E-state index < -0.39 is 0 Å². The molecule has 106 valence electrons. The van der Waals surface area contributed by atoms with Gasteiger partial charge < -0.3 is 5.32 Å². The molecule has 21 heavy (non-hydrogen) atoms. The monoisotopic (exact) mass is 299 g/mol. The second-order valence-corrected chi connectivity index (χ2v) is 5.62.